The lowest BCUT2D eigenvalue weighted by molar-refractivity contribution is 0.00578. The predicted octanol–water partition coefficient (Wildman–Crippen LogP) is 3.82. The highest BCUT2D eigenvalue weighted by Crippen LogP contribution is 2.41. The van der Waals surface area contributed by atoms with Crippen molar-refractivity contribution in [3.05, 3.63) is 46.7 Å². The second kappa shape index (κ2) is 7.14. The number of rotatable bonds is 3. The zero-order valence-corrected chi connectivity index (χ0v) is 20.7. The van der Waals surface area contributed by atoms with Crippen LogP contribution in [0.25, 0.3) is 15.0 Å². The smallest absolute Gasteiger partial charge is 0.399 e. The molecule has 5 nitrogen and oxygen atoms in total. The average molecular weight is 465 g/mol. The summed E-state index contributed by atoms with van der Waals surface area (Å²) in [5, 5.41) is 8.15. The van der Waals surface area contributed by atoms with Crippen LogP contribution in [-0.4, -0.2) is 60.8 Å². The standard InChI is InChI=1S/C24H28BN3O2S2/c1-23(2)24(3,4)30-25(29-23)16-13-32-20-15(12-31-21(16)20)14-8-9-17-18(11-14)27-22(26-17)19-7-6-10-28(19)5/h6-9,11-13,17-19H,10H2,1-5H3,(H,26,27). The Labute approximate surface area is 197 Å². The Bertz CT molecular complexity index is 1190. The first-order valence-electron chi connectivity index (χ1n) is 11.2. The Morgan fingerprint density at radius 3 is 2.56 bits per heavy atom. The molecule has 0 spiro atoms. The summed E-state index contributed by atoms with van der Waals surface area (Å²) in [5.41, 5.74) is 3.05. The predicted molar refractivity (Wildman–Crippen MR) is 136 cm³/mol. The lowest BCUT2D eigenvalue weighted by atomic mass is 9.81. The molecule has 5 heterocycles. The number of allylic oxidation sites excluding steroid dienone is 2. The second-order valence-corrected chi connectivity index (χ2v) is 11.8. The molecule has 1 saturated heterocycles. The van der Waals surface area contributed by atoms with Gasteiger partial charge in [-0.1, -0.05) is 30.4 Å². The number of aliphatic imine (C=N–C) groups is 1. The van der Waals surface area contributed by atoms with E-state index in [0.717, 1.165) is 17.8 Å². The Morgan fingerprint density at radius 2 is 1.84 bits per heavy atom. The van der Waals surface area contributed by atoms with Gasteiger partial charge in [-0.2, -0.15) is 0 Å². The Hall–Kier alpha value is -1.71. The molecule has 4 aliphatic rings. The average Bonchev–Trinajstić information content (AvgIpc) is 3.50. The van der Waals surface area contributed by atoms with E-state index >= 15 is 0 Å². The first-order valence-corrected chi connectivity index (χ1v) is 13.0. The molecular weight excluding hydrogens is 437 g/mol. The molecule has 3 unspecified atom stereocenters. The van der Waals surface area contributed by atoms with Crippen molar-refractivity contribution in [2.75, 3.05) is 13.6 Å². The van der Waals surface area contributed by atoms with Gasteiger partial charge in [0.1, 0.15) is 5.84 Å². The van der Waals surface area contributed by atoms with E-state index in [2.05, 4.69) is 86.1 Å². The number of hydrogen-bond acceptors (Lipinski definition) is 7. The van der Waals surface area contributed by atoms with Gasteiger partial charge in [-0.15, -0.1) is 22.7 Å². The summed E-state index contributed by atoms with van der Waals surface area (Å²) >= 11 is 3.57. The zero-order chi connectivity index (χ0) is 22.3. The van der Waals surface area contributed by atoms with Crippen LogP contribution in [-0.2, 0) is 9.31 Å². The number of fused-ring (bicyclic) bond motifs is 2. The molecule has 2 aromatic heterocycles. The Balaban J connectivity index is 1.27. The molecule has 1 fully saturated rings. The summed E-state index contributed by atoms with van der Waals surface area (Å²) < 4.78 is 15.2. The topological polar surface area (TPSA) is 46.1 Å². The molecule has 3 aliphatic heterocycles. The first-order chi connectivity index (χ1) is 15.2. The fourth-order valence-electron chi connectivity index (χ4n) is 4.72. The van der Waals surface area contributed by atoms with Crippen LogP contribution < -0.4 is 10.8 Å². The van der Waals surface area contributed by atoms with Crippen molar-refractivity contribution in [1.82, 2.24) is 10.2 Å². The number of amidine groups is 1. The van der Waals surface area contributed by atoms with E-state index in [9.17, 15) is 0 Å². The highest BCUT2D eigenvalue weighted by molar-refractivity contribution is 7.28. The number of hydrogen-bond donors (Lipinski definition) is 1. The third-order valence-corrected chi connectivity index (χ3v) is 9.59. The maximum atomic E-state index is 6.33. The second-order valence-electron chi connectivity index (χ2n) is 10.1. The van der Waals surface area contributed by atoms with Crippen LogP contribution in [0.5, 0.6) is 0 Å². The molecule has 0 radical (unpaired) electrons. The van der Waals surface area contributed by atoms with Crippen LogP contribution in [0, 0.1) is 0 Å². The van der Waals surface area contributed by atoms with E-state index in [0.29, 0.717) is 0 Å². The molecule has 0 aromatic carbocycles. The molecule has 8 heteroatoms. The van der Waals surface area contributed by atoms with Gasteiger partial charge in [0.15, 0.2) is 0 Å². The van der Waals surface area contributed by atoms with Crippen molar-refractivity contribution in [3.63, 3.8) is 0 Å². The van der Waals surface area contributed by atoms with E-state index < -0.39 is 0 Å². The molecule has 0 bridgehead atoms. The van der Waals surface area contributed by atoms with Crippen LogP contribution in [0.15, 0.2) is 46.1 Å². The van der Waals surface area contributed by atoms with Gasteiger partial charge in [0.25, 0.3) is 0 Å². The van der Waals surface area contributed by atoms with Crippen molar-refractivity contribution in [1.29, 1.82) is 0 Å². The summed E-state index contributed by atoms with van der Waals surface area (Å²) in [7, 11) is 1.83. The molecule has 32 heavy (non-hydrogen) atoms. The molecule has 6 rings (SSSR count). The molecule has 0 amide bonds. The molecule has 1 aliphatic carbocycles. The first kappa shape index (κ1) is 20.9. The molecular formula is C24H28BN3O2S2. The van der Waals surface area contributed by atoms with Crippen molar-refractivity contribution in [2.24, 2.45) is 4.99 Å². The van der Waals surface area contributed by atoms with Crippen LogP contribution in [0.2, 0.25) is 0 Å². The fraction of sp³-hybridized carbons (Fsp3) is 0.458. The number of nitrogens with zero attached hydrogens (tertiary/aromatic N) is 2. The SMILES string of the molecule is CN1CC=CC1C1=NC2C=CC(c3csc4c(B5OC(C)(C)C(C)(C)O5)csc34)=CC2N1. The maximum absolute atomic E-state index is 6.33. The summed E-state index contributed by atoms with van der Waals surface area (Å²) in [6.07, 6.45) is 11.3. The maximum Gasteiger partial charge on any atom is 0.497 e. The van der Waals surface area contributed by atoms with Gasteiger partial charge in [0, 0.05) is 27.7 Å². The van der Waals surface area contributed by atoms with Gasteiger partial charge in [-0.05, 0) is 45.7 Å². The van der Waals surface area contributed by atoms with Crippen molar-refractivity contribution >= 4 is 56.1 Å². The molecule has 1 N–H and O–H groups in total. The third-order valence-electron chi connectivity index (χ3n) is 7.40. The zero-order valence-electron chi connectivity index (χ0n) is 19.1. The minimum absolute atomic E-state index is 0.175. The summed E-state index contributed by atoms with van der Waals surface area (Å²) in [4.78, 5) is 7.27. The van der Waals surface area contributed by atoms with Crippen molar-refractivity contribution in [2.45, 2.75) is 57.0 Å². The van der Waals surface area contributed by atoms with Crippen LogP contribution in [0.1, 0.15) is 33.3 Å². The summed E-state index contributed by atoms with van der Waals surface area (Å²) in [6.45, 7) is 9.40. The quantitative estimate of drug-likeness (QED) is 0.553. The van der Waals surface area contributed by atoms with Crippen molar-refractivity contribution in [3.8, 4) is 0 Å². The van der Waals surface area contributed by atoms with Gasteiger partial charge in [0.2, 0.25) is 0 Å². The molecule has 3 atom stereocenters. The lowest BCUT2D eigenvalue weighted by Gasteiger charge is -2.32. The van der Waals surface area contributed by atoms with Gasteiger partial charge in [-0.3, -0.25) is 9.89 Å². The minimum Gasteiger partial charge on any atom is -0.399 e. The number of nitrogens with one attached hydrogen (secondary N) is 1. The van der Waals surface area contributed by atoms with E-state index in [4.69, 9.17) is 14.3 Å². The highest BCUT2D eigenvalue weighted by Gasteiger charge is 2.52. The molecule has 0 saturated carbocycles. The van der Waals surface area contributed by atoms with E-state index in [1.165, 1.54) is 20.5 Å². The van der Waals surface area contributed by atoms with Gasteiger partial charge in [0.05, 0.1) is 34.0 Å². The Kier molecular flexibility index (Phi) is 4.66. The molecule has 166 valence electrons. The van der Waals surface area contributed by atoms with Gasteiger partial charge >= 0.3 is 7.12 Å². The summed E-state index contributed by atoms with van der Waals surface area (Å²) in [6, 6.07) is 0.650. The lowest BCUT2D eigenvalue weighted by Crippen LogP contribution is -2.42. The van der Waals surface area contributed by atoms with E-state index in [1.54, 1.807) is 22.7 Å². The largest absolute Gasteiger partial charge is 0.497 e. The highest BCUT2D eigenvalue weighted by atomic mass is 32.1. The molecule has 2 aromatic rings. The normalized spacial score (nSPS) is 30.7. The number of likely N-dealkylation sites (N-methyl/N-ethyl adjacent to an activating group) is 1. The number of thiophene rings is 2. The van der Waals surface area contributed by atoms with Crippen LogP contribution in [0.3, 0.4) is 0 Å². The summed E-state index contributed by atoms with van der Waals surface area (Å²) in [5.74, 6) is 1.08. The Morgan fingerprint density at radius 1 is 1.09 bits per heavy atom. The van der Waals surface area contributed by atoms with Crippen LogP contribution >= 0.6 is 22.7 Å². The van der Waals surface area contributed by atoms with Crippen molar-refractivity contribution < 1.29 is 9.31 Å². The monoisotopic (exact) mass is 465 g/mol. The third kappa shape index (κ3) is 3.11. The van der Waals surface area contributed by atoms with Gasteiger partial charge in [-0.25, -0.2) is 0 Å². The minimum atomic E-state index is -0.329. The fourth-order valence-corrected chi connectivity index (χ4v) is 7.16. The van der Waals surface area contributed by atoms with Crippen LogP contribution in [0.4, 0.5) is 0 Å². The van der Waals surface area contributed by atoms with E-state index in [-0.39, 0.29) is 36.4 Å². The van der Waals surface area contributed by atoms with Gasteiger partial charge < -0.3 is 14.6 Å². The van der Waals surface area contributed by atoms with E-state index in [1.807, 2.05) is 0 Å².